The Morgan fingerprint density at radius 2 is 1.65 bits per heavy atom. The molecule has 2 aromatic carbocycles. The second kappa shape index (κ2) is 10.7. The van der Waals surface area contributed by atoms with E-state index in [0.29, 0.717) is 13.1 Å². The topological polar surface area (TPSA) is 65.4 Å². The van der Waals surface area contributed by atoms with Crippen molar-refractivity contribution < 1.29 is 4.79 Å². The van der Waals surface area contributed by atoms with Crippen molar-refractivity contribution >= 4 is 6.03 Å². The van der Waals surface area contributed by atoms with E-state index in [9.17, 15) is 4.79 Å². The summed E-state index contributed by atoms with van der Waals surface area (Å²) in [4.78, 5) is 17.1. The molecule has 4 rings (SSSR count). The smallest absolute Gasteiger partial charge is 0.315 e. The van der Waals surface area contributed by atoms with Gasteiger partial charge in [0.1, 0.15) is 0 Å². The zero-order valence-corrected chi connectivity index (χ0v) is 17.8. The van der Waals surface area contributed by atoms with Crippen LogP contribution < -0.4 is 10.6 Å². The zero-order chi connectivity index (χ0) is 21.3. The molecule has 1 aromatic heterocycles. The largest absolute Gasteiger partial charge is 0.337 e. The van der Waals surface area contributed by atoms with Crippen LogP contribution in [0.5, 0.6) is 0 Å². The van der Waals surface area contributed by atoms with Crippen molar-refractivity contribution in [1.82, 2.24) is 30.2 Å². The molecule has 7 heteroatoms. The number of piperazine rings is 1. The van der Waals surface area contributed by atoms with Crippen LogP contribution in [0.1, 0.15) is 11.1 Å². The van der Waals surface area contributed by atoms with Crippen LogP contribution in [-0.4, -0.2) is 64.9 Å². The van der Waals surface area contributed by atoms with Crippen molar-refractivity contribution in [2.24, 2.45) is 0 Å². The average molecular weight is 419 g/mol. The van der Waals surface area contributed by atoms with E-state index in [0.717, 1.165) is 50.5 Å². The first-order valence-corrected chi connectivity index (χ1v) is 10.9. The summed E-state index contributed by atoms with van der Waals surface area (Å²) in [6.07, 6.45) is 3.66. The predicted octanol–water partition coefficient (Wildman–Crippen LogP) is 2.49. The summed E-state index contributed by atoms with van der Waals surface area (Å²) in [5.41, 5.74) is 3.39. The Morgan fingerprint density at radius 3 is 2.42 bits per heavy atom. The van der Waals surface area contributed by atoms with Gasteiger partial charge in [0.25, 0.3) is 0 Å². The Morgan fingerprint density at radius 1 is 0.871 bits per heavy atom. The van der Waals surface area contributed by atoms with Gasteiger partial charge >= 0.3 is 6.03 Å². The normalized spacial score (nSPS) is 15.0. The highest BCUT2D eigenvalue weighted by Crippen LogP contribution is 2.10. The van der Waals surface area contributed by atoms with Crippen LogP contribution in [-0.2, 0) is 13.1 Å². The number of hydrogen-bond donors (Lipinski definition) is 2. The Balaban J connectivity index is 1.12. The molecule has 0 bridgehead atoms. The monoisotopic (exact) mass is 418 g/mol. The first-order chi connectivity index (χ1) is 15.3. The van der Waals surface area contributed by atoms with Crippen LogP contribution in [0.25, 0.3) is 5.69 Å². The van der Waals surface area contributed by atoms with Gasteiger partial charge in [0.15, 0.2) is 0 Å². The second-order valence-corrected chi connectivity index (χ2v) is 7.83. The molecule has 3 aromatic rings. The standard InChI is InChI=1S/C24H30N6O/c31-24(26-19-22-8-4-9-23(18-22)30-12-5-10-27-30)25-11-13-28-14-16-29(17-15-28)20-21-6-2-1-3-7-21/h1-10,12,18H,11,13-17,19-20H2,(H2,25,26,31). The van der Waals surface area contributed by atoms with E-state index < -0.39 is 0 Å². The van der Waals surface area contributed by atoms with Gasteiger partial charge in [-0.1, -0.05) is 42.5 Å². The minimum absolute atomic E-state index is 0.132. The molecule has 1 saturated heterocycles. The lowest BCUT2D eigenvalue weighted by Crippen LogP contribution is -2.48. The molecule has 31 heavy (non-hydrogen) atoms. The van der Waals surface area contributed by atoms with E-state index in [4.69, 9.17) is 0 Å². The maximum Gasteiger partial charge on any atom is 0.315 e. The van der Waals surface area contributed by atoms with Crippen molar-refractivity contribution in [1.29, 1.82) is 0 Å². The number of benzene rings is 2. The van der Waals surface area contributed by atoms with Gasteiger partial charge < -0.3 is 10.6 Å². The lowest BCUT2D eigenvalue weighted by molar-refractivity contribution is 0.128. The molecule has 1 aliphatic rings. The van der Waals surface area contributed by atoms with Crippen LogP contribution >= 0.6 is 0 Å². The van der Waals surface area contributed by atoms with E-state index in [2.05, 4.69) is 55.9 Å². The van der Waals surface area contributed by atoms with Crippen molar-refractivity contribution in [2.75, 3.05) is 39.3 Å². The number of hydrogen-bond acceptors (Lipinski definition) is 4. The molecule has 2 amide bonds. The molecular formula is C24H30N6O. The number of nitrogens with zero attached hydrogens (tertiary/aromatic N) is 4. The average Bonchev–Trinajstić information content (AvgIpc) is 3.35. The number of rotatable bonds is 8. The third-order valence-corrected chi connectivity index (χ3v) is 5.56. The van der Waals surface area contributed by atoms with E-state index >= 15 is 0 Å². The molecule has 2 heterocycles. The Bertz CT molecular complexity index is 936. The highest BCUT2D eigenvalue weighted by atomic mass is 16.2. The van der Waals surface area contributed by atoms with Crippen LogP contribution in [0.3, 0.4) is 0 Å². The van der Waals surface area contributed by atoms with Gasteiger partial charge in [0.2, 0.25) is 0 Å². The fourth-order valence-corrected chi connectivity index (χ4v) is 3.82. The van der Waals surface area contributed by atoms with Gasteiger partial charge in [-0.15, -0.1) is 0 Å². The number of nitrogens with one attached hydrogen (secondary N) is 2. The molecule has 1 aliphatic heterocycles. The number of carbonyl (C=O) groups is 1. The van der Waals surface area contributed by atoms with Crippen LogP contribution in [0.15, 0.2) is 73.1 Å². The number of aromatic nitrogens is 2. The zero-order valence-electron chi connectivity index (χ0n) is 17.8. The van der Waals surface area contributed by atoms with Crippen molar-refractivity contribution in [3.05, 3.63) is 84.2 Å². The summed E-state index contributed by atoms with van der Waals surface area (Å²) < 4.78 is 1.81. The molecule has 0 atom stereocenters. The van der Waals surface area contributed by atoms with Gasteiger partial charge in [-0.25, -0.2) is 9.48 Å². The molecule has 0 spiro atoms. The fraction of sp³-hybridized carbons (Fsp3) is 0.333. The SMILES string of the molecule is O=C(NCCN1CCN(Cc2ccccc2)CC1)NCc1cccc(-n2cccn2)c1. The van der Waals surface area contributed by atoms with E-state index in [-0.39, 0.29) is 6.03 Å². The fourth-order valence-electron chi connectivity index (χ4n) is 3.82. The van der Waals surface area contributed by atoms with Crippen molar-refractivity contribution in [3.8, 4) is 5.69 Å². The maximum atomic E-state index is 12.2. The summed E-state index contributed by atoms with van der Waals surface area (Å²) in [7, 11) is 0. The van der Waals surface area contributed by atoms with Crippen molar-refractivity contribution in [3.63, 3.8) is 0 Å². The summed E-state index contributed by atoms with van der Waals surface area (Å²) in [6, 6.07) is 20.4. The number of carbonyl (C=O) groups excluding carboxylic acids is 1. The highest BCUT2D eigenvalue weighted by Gasteiger charge is 2.16. The quantitative estimate of drug-likeness (QED) is 0.590. The van der Waals surface area contributed by atoms with Gasteiger partial charge in [-0.05, 0) is 29.3 Å². The third-order valence-electron chi connectivity index (χ3n) is 5.56. The van der Waals surface area contributed by atoms with Gasteiger partial charge in [0, 0.05) is 64.8 Å². The van der Waals surface area contributed by atoms with Gasteiger partial charge in [-0.2, -0.15) is 5.10 Å². The molecule has 162 valence electrons. The first-order valence-electron chi connectivity index (χ1n) is 10.9. The van der Waals surface area contributed by atoms with Gasteiger partial charge in [0.05, 0.1) is 5.69 Å². The molecule has 0 unspecified atom stereocenters. The van der Waals surface area contributed by atoms with E-state index in [1.807, 2.05) is 41.2 Å². The molecular weight excluding hydrogens is 388 g/mol. The molecule has 0 radical (unpaired) electrons. The lowest BCUT2D eigenvalue weighted by atomic mass is 10.2. The van der Waals surface area contributed by atoms with Crippen LogP contribution in [0.4, 0.5) is 4.79 Å². The van der Waals surface area contributed by atoms with Crippen molar-refractivity contribution in [2.45, 2.75) is 13.1 Å². The minimum atomic E-state index is -0.132. The highest BCUT2D eigenvalue weighted by molar-refractivity contribution is 5.73. The summed E-state index contributed by atoms with van der Waals surface area (Å²) >= 11 is 0. The maximum absolute atomic E-state index is 12.2. The Kier molecular flexibility index (Phi) is 7.31. The summed E-state index contributed by atoms with van der Waals surface area (Å²) in [5, 5.41) is 10.2. The Hall–Kier alpha value is -3.16. The predicted molar refractivity (Wildman–Crippen MR) is 122 cm³/mol. The second-order valence-electron chi connectivity index (χ2n) is 7.83. The lowest BCUT2D eigenvalue weighted by Gasteiger charge is -2.34. The van der Waals surface area contributed by atoms with Crippen LogP contribution in [0.2, 0.25) is 0 Å². The minimum Gasteiger partial charge on any atom is -0.337 e. The third kappa shape index (κ3) is 6.41. The van der Waals surface area contributed by atoms with Gasteiger partial charge in [-0.3, -0.25) is 9.80 Å². The number of urea groups is 1. The Labute approximate surface area is 183 Å². The number of amides is 2. The summed E-state index contributed by atoms with van der Waals surface area (Å²) in [5.74, 6) is 0. The molecule has 7 nitrogen and oxygen atoms in total. The first kappa shape index (κ1) is 21.1. The molecule has 0 aliphatic carbocycles. The van der Waals surface area contributed by atoms with Crippen LogP contribution in [0, 0.1) is 0 Å². The van der Waals surface area contributed by atoms with E-state index in [1.165, 1.54) is 5.56 Å². The molecule has 0 saturated carbocycles. The summed E-state index contributed by atoms with van der Waals surface area (Å²) in [6.45, 7) is 7.23. The molecule has 1 fully saturated rings. The van der Waals surface area contributed by atoms with E-state index in [1.54, 1.807) is 6.20 Å². The molecule has 2 N–H and O–H groups in total.